The number of nitrogens with one attached hydrogen (secondary N) is 1. The number of rotatable bonds is 6. The molecule has 0 spiro atoms. The lowest BCUT2D eigenvalue weighted by atomic mass is 10.1. The number of nitro groups is 1. The van der Waals surface area contributed by atoms with Crippen molar-refractivity contribution >= 4 is 11.6 Å². The second-order valence-corrected chi connectivity index (χ2v) is 4.56. The van der Waals surface area contributed by atoms with Crippen LogP contribution in [-0.2, 0) is 0 Å². The summed E-state index contributed by atoms with van der Waals surface area (Å²) in [4.78, 5) is 22.8. The number of nitro benzene ring substituents is 1. The predicted octanol–water partition coefficient (Wildman–Crippen LogP) is 1.69. The highest BCUT2D eigenvalue weighted by atomic mass is 19.2. The van der Waals surface area contributed by atoms with Gasteiger partial charge in [0, 0.05) is 12.6 Å². The number of benzene rings is 1. The van der Waals surface area contributed by atoms with Gasteiger partial charge in [0.05, 0.1) is 10.5 Å². The summed E-state index contributed by atoms with van der Waals surface area (Å²) in [6.07, 6.45) is 0.548. The molecular weight excluding hydrogens is 291 g/mol. The Hall–Kier alpha value is -2.16. The van der Waals surface area contributed by atoms with Gasteiger partial charge >= 0.3 is 5.69 Å². The first-order valence-electron chi connectivity index (χ1n) is 6.00. The molecule has 1 aromatic rings. The third kappa shape index (κ3) is 4.15. The van der Waals surface area contributed by atoms with Crippen molar-refractivity contribution in [3.05, 3.63) is 39.2 Å². The largest absolute Gasteiger partial charge is 0.352 e. The maximum atomic E-state index is 13.5. The predicted molar refractivity (Wildman–Crippen MR) is 68.5 cm³/mol. The van der Waals surface area contributed by atoms with Gasteiger partial charge in [-0.2, -0.15) is 4.39 Å². The summed E-state index contributed by atoms with van der Waals surface area (Å²) in [5.41, 5.74) is -2.18. The van der Waals surface area contributed by atoms with Gasteiger partial charge in [0.15, 0.2) is 5.82 Å². The summed E-state index contributed by atoms with van der Waals surface area (Å²) in [6, 6.07) is 0.384. The van der Waals surface area contributed by atoms with E-state index in [0.29, 0.717) is 19.0 Å². The molecule has 0 radical (unpaired) electrons. The monoisotopic (exact) mass is 305 g/mol. The van der Waals surface area contributed by atoms with E-state index >= 15 is 0 Å². The molecule has 1 amide bonds. The normalized spacial score (nSPS) is 10.8. The summed E-state index contributed by atoms with van der Waals surface area (Å²) in [5.74, 6) is -6.75. The second-order valence-electron chi connectivity index (χ2n) is 4.56. The molecule has 1 rings (SSSR count). The van der Waals surface area contributed by atoms with E-state index in [4.69, 9.17) is 0 Å². The van der Waals surface area contributed by atoms with Crippen molar-refractivity contribution in [2.24, 2.45) is 0 Å². The third-order valence-electron chi connectivity index (χ3n) is 2.64. The summed E-state index contributed by atoms with van der Waals surface area (Å²) in [7, 11) is 3.64. The number of carbonyl (C=O) groups is 1. The lowest BCUT2D eigenvalue weighted by Crippen LogP contribution is -2.28. The SMILES string of the molecule is CN(C)CCCNC(=O)c1cc([N+](=O)[O-])c(F)c(F)c1F. The van der Waals surface area contributed by atoms with E-state index in [1.165, 1.54) is 0 Å². The molecule has 0 fully saturated rings. The van der Waals surface area contributed by atoms with Crippen LogP contribution in [0.2, 0.25) is 0 Å². The zero-order valence-electron chi connectivity index (χ0n) is 11.5. The highest BCUT2D eigenvalue weighted by Crippen LogP contribution is 2.25. The average Bonchev–Trinajstić information content (AvgIpc) is 2.40. The second kappa shape index (κ2) is 7.02. The van der Waals surface area contributed by atoms with Crippen molar-refractivity contribution in [2.75, 3.05) is 27.2 Å². The Labute approximate surface area is 118 Å². The Bertz CT molecular complexity index is 564. The zero-order valence-corrected chi connectivity index (χ0v) is 11.5. The van der Waals surface area contributed by atoms with Gasteiger partial charge in [0.1, 0.15) is 0 Å². The number of halogens is 3. The van der Waals surface area contributed by atoms with E-state index in [9.17, 15) is 28.1 Å². The highest BCUT2D eigenvalue weighted by Gasteiger charge is 2.28. The number of amides is 1. The fourth-order valence-corrected chi connectivity index (χ4v) is 1.58. The fraction of sp³-hybridized carbons (Fsp3) is 0.417. The van der Waals surface area contributed by atoms with Gasteiger partial charge in [0.25, 0.3) is 5.91 Å². The molecule has 0 atom stereocenters. The summed E-state index contributed by atoms with van der Waals surface area (Å²) in [6.45, 7) is 0.823. The molecule has 21 heavy (non-hydrogen) atoms. The number of carbonyl (C=O) groups excluding carboxylic acids is 1. The topological polar surface area (TPSA) is 75.5 Å². The van der Waals surface area contributed by atoms with Crippen LogP contribution < -0.4 is 5.32 Å². The van der Waals surface area contributed by atoms with Crippen molar-refractivity contribution in [1.29, 1.82) is 0 Å². The van der Waals surface area contributed by atoms with Gasteiger partial charge in [-0.25, -0.2) is 8.78 Å². The number of hydrogen-bond acceptors (Lipinski definition) is 4. The standard InChI is InChI=1S/C12H14F3N3O3/c1-17(2)5-3-4-16-12(19)7-6-8(18(20)21)10(14)11(15)9(7)13/h6H,3-5H2,1-2H3,(H,16,19). The molecule has 0 aliphatic heterocycles. The minimum absolute atomic E-state index is 0.170. The van der Waals surface area contributed by atoms with Crippen molar-refractivity contribution in [3.8, 4) is 0 Å². The highest BCUT2D eigenvalue weighted by molar-refractivity contribution is 5.95. The Morgan fingerprint density at radius 2 is 1.90 bits per heavy atom. The Kier molecular flexibility index (Phi) is 5.65. The smallest absolute Gasteiger partial charge is 0.308 e. The summed E-state index contributed by atoms with van der Waals surface area (Å²) >= 11 is 0. The fourth-order valence-electron chi connectivity index (χ4n) is 1.58. The molecular formula is C12H14F3N3O3. The maximum absolute atomic E-state index is 13.5. The molecule has 0 aliphatic rings. The van der Waals surface area contributed by atoms with Gasteiger partial charge in [-0.05, 0) is 27.1 Å². The van der Waals surface area contributed by atoms with E-state index in [-0.39, 0.29) is 6.54 Å². The number of nitrogens with zero attached hydrogens (tertiary/aromatic N) is 2. The molecule has 0 bridgehead atoms. The first kappa shape index (κ1) is 16.9. The van der Waals surface area contributed by atoms with Crippen molar-refractivity contribution in [3.63, 3.8) is 0 Å². The Morgan fingerprint density at radius 3 is 2.43 bits per heavy atom. The molecule has 0 aliphatic carbocycles. The third-order valence-corrected chi connectivity index (χ3v) is 2.64. The molecule has 0 unspecified atom stereocenters. The van der Waals surface area contributed by atoms with Gasteiger partial charge < -0.3 is 10.2 Å². The van der Waals surface area contributed by atoms with Crippen LogP contribution in [0.4, 0.5) is 18.9 Å². The maximum Gasteiger partial charge on any atom is 0.308 e. The summed E-state index contributed by atoms with van der Waals surface area (Å²) < 4.78 is 39.9. The van der Waals surface area contributed by atoms with Crippen LogP contribution in [0.25, 0.3) is 0 Å². The van der Waals surface area contributed by atoms with E-state index in [0.717, 1.165) is 0 Å². The molecule has 6 nitrogen and oxygen atoms in total. The van der Waals surface area contributed by atoms with Crippen LogP contribution in [0.5, 0.6) is 0 Å². The van der Waals surface area contributed by atoms with Crippen LogP contribution in [-0.4, -0.2) is 42.9 Å². The molecule has 116 valence electrons. The van der Waals surface area contributed by atoms with E-state index in [1.807, 2.05) is 19.0 Å². The average molecular weight is 305 g/mol. The van der Waals surface area contributed by atoms with Gasteiger partial charge in [-0.1, -0.05) is 0 Å². The van der Waals surface area contributed by atoms with Crippen LogP contribution in [0.15, 0.2) is 6.07 Å². The zero-order chi connectivity index (χ0) is 16.2. The van der Waals surface area contributed by atoms with Gasteiger partial charge in [-0.3, -0.25) is 14.9 Å². The molecule has 0 heterocycles. The quantitative estimate of drug-likeness (QED) is 0.375. The van der Waals surface area contributed by atoms with E-state index in [1.54, 1.807) is 0 Å². The van der Waals surface area contributed by atoms with Crippen LogP contribution in [0.3, 0.4) is 0 Å². The van der Waals surface area contributed by atoms with Gasteiger partial charge in [0.2, 0.25) is 11.6 Å². The molecule has 1 aromatic carbocycles. The lowest BCUT2D eigenvalue weighted by molar-refractivity contribution is -0.387. The number of hydrogen-bond donors (Lipinski definition) is 1. The Morgan fingerprint density at radius 1 is 1.29 bits per heavy atom. The summed E-state index contributed by atoms with van der Waals surface area (Å²) in [5, 5.41) is 12.8. The molecule has 9 heteroatoms. The van der Waals surface area contributed by atoms with Crippen molar-refractivity contribution < 1.29 is 22.9 Å². The first-order chi connectivity index (χ1) is 9.75. The van der Waals surface area contributed by atoms with Gasteiger partial charge in [-0.15, -0.1) is 0 Å². The Balaban J connectivity index is 2.92. The van der Waals surface area contributed by atoms with Crippen LogP contribution in [0.1, 0.15) is 16.8 Å². The molecule has 0 saturated heterocycles. The van der Waals surface area contributed by atoms with E-state index < -0.39 is 39.5 Å². The molecule has 1 N–H and O–H groups in total. The van der Waals surface area contributed by atoms with Crippen molar-refractivity contribution in [1.82, 2.24) is 10.2 Å². The van der Waals surface area contributed by atoms with E-state index in [2.05, 4.69) is 5.32 Å². The molecule has 0 aromatic heterocycles. The van der Waals surface area contributed by atoms with Crippen LogP contribution >= 0.6 is 0 Å². The van der Waals surface area contributed by atoms with Crippen molar-refractivity contribution in [2.45, 2.75) is 6.42 Å². The lowest BCUT2D eigenvalue weighted by Gasteiger charge is -2.10. The first-order valence-corrected chi connectivity index (χ1v) is 6.00. The molecule has 0 saturated carbocycles. The minimum Gasteiger partial charge on any atom is -0.352 e. The van der Waals surface area contributed by atoms with Crippen LogP contribution in [0, 0.1) is 27.6 Å². The minimum atomic E-state index is -2.04.